The van der Waals surface area contributed by atoms with Crippen molar-refractivity contribution in [3.8, 4) is 0 Å². The first kappa shape index (κ1) is 16.0. The summed E-state index contributed by atoms with van der Waals surface area (Å²) in [5.74, 6) is 0.823. The maximum atomic E-state index is 12.5. The molecule has 4 nitrogen and oxygen atoms in total. The molecule has 23 heavy (non-hydrogen) atoms. The Labute approximate surface area is 145 Å². The lowest BCUT2D eigenvalue weighted by Crippen LogP contribution is -2.31. The van der Waals surface area contributed by atoms with Gasteiger partial charge in [-0.25, -0.2) is 4.98 Å². The molecule has 1 aromatic heterocycles. The van der Waals surface area contributed by atoms with Gasteiger partial charge in [-0.15, -0.1) is 0 Å². The molecule has 1 amide bonds. The molecule has 3 rings (SSSR count). The monoisotopic (exact) mass is 373 g/mol. The highest BCUT2D eigenvalue weighted by molar-refractivity contribution is 9.10. The predicted molar refractivity (Wildman–Crippen MR) is 96.0 cm³/mol. The summed E-state index contributed by atoms with van der Waals surface area (Å²) in [7, 11) is 0. The lowest BCUT2D eigenvalue weighted by molar-refractivity contribution is 0.0761. The fraction of sp³-hybridized carbons (Fsp3) is 0.333. The van der Waals surface area contributed by atoms with Gasteiger partial charge in [-0.1, -0.05) is 34.8 Å². The third-order valence-corrected chi connectivity index (χ3v) is 4.49. The van der Waals surface area contributed by atoms with Gasteiger partial charge in [0.2, 0.25) is 0 Å². The molecule has 5 heteroatoms. The number of carbonyl (C=O) groups excluding carboxylic acids is 1. The molecule has 1 saturated heterocycles. The normalized spacial score (nSPS) is 15.1. The van der Waals surface area contributed by atoms with E-state index in [0.717, 1.165) is 41.9 Å². The van der Waals surface area contributed by atoms with E-state index in [-0.39, 0.29) is 5.91 Å². The number of rotatable bonds is 3. The van der Waals surface area contributed by atoms with Crippen LogP contribution in [0.3, 0.4) is 0 Å². The van der Waals surface area contributed by atoms with Gasteiger partial charge in [0.1, 0.15) is 5.82 Å². The smallest absolute Gasteiger partial charge is 0.255 e. The molecule has 1 aromatic carbocycles. The van der Waals surface area contributed by atoms with Crippen LogP contribution in [0.4, 0.5) is 11.5 Å². The molecule has 0 atom stereocenters. The zero-order valence-electron chi connectivity index (χ0n) is 13.0. The molecular formula is C18H20BrN3O. The second-order valence-corrected chi connectivity index (χ2v) is 6.69. The van der Waals surface area contributed by atoms with Gasteiger partial charge in [-0.05, 0) is 43.2 Å². The minimum atomic E-state index is 0.0911. The Hall–Kier alpha value is -1.88. The molecule has 0 bridgehead atoms. The van der Waals surface area contributed by atoms with E-state index in [1.165, 1.54) is 12.8 Å². The molecular weight excluding hydrogens is 354 g/mol. The number of aromatic nitrogens is 1. The van der Waals surface area contributed by atoms with Gasteiger partial charge in [0, 0.05) is 29.4 Å². The summed E-state index contributed by atoms with van der Waals surface area (Å²) < 4.78 is 1.01. The lowest BCUT2D eigenvalue weighted by atomic mass is 10.2. The van der Waals surface area contributed by atoms with Gasteiger partial charge in [-0.3, -0.25) is 4.79 Å². The average molecular weight is 374 g/mol. The van der Waals surface area contributed by atoms with Crippen LogP contribution in [-0.2, 0) is 0 Å². The predicted octanol–water partition coefficient (Wildman–Crippen LogP) is 4.60. The van der Waals surface area contributed by atoms with E-state index in [1.54, 1.807) is 6.20 Å². The van der Waals surface area contributed by atoms with E-state index in [9.17, 15) is 4.79 Å². The van der Waals surface area contributed by atoms with Crippen LogP contribution in [0.15, 0.2) is 47.1 Å². The maximum absolute atomic E-state index is 12.5. The first-order valence-corrected chi connectivity index (χ1v) is 8.79. The third-order valence-electron chi connectivity index (χ3n) is 4.00. The number of amides is 1. The number of halogens is 1. The molecule has 0 unspecified atom stereocenters. The van der Waals surface area contributed by atoms with Crippen molar-refractivity contribution < 1.29 is 4.79 Å². The number of nitrogens with one attached hydrogen (secondary N) is 1. The largest absolute Gasteiger partial charge is 0.340 e. The van der Waals surface area contributed by atoms with Gasteiger partial charge in [0.15, 0.2) is 0 Å². The fourth-order valence-corrected chi connectivity index (χ4v) is 3.16. The number of benzene rings is 1. The molecule has 1 aliphatic heterocycles. The van der Waals surface area contributed by atoms with Crippen molar-refractivity contribution in [2.75, 3.05) is 18.4 Å². The van der Waals surface area contributed by atoms with E-state index in [0.29, 0.717) is 5.56 Å². The van der Waals surface area contributed by atoms with Crippen LogP contribution in [0.1, 0.15) is 36.0 Å². The van der Waals surface area contributed by atoms with E-state index in [2.05, 4.69) is 26.2 Å². The highest BCUT2D eigenvalue weighted by Crippen LogP contribution is 2.20. The van der Waals surface area contributed by atoms with Crippen molar-refractivity contribution in [3.63, 3.8) is 0 Å². The summed E-state index contributed by atoms with van der Waals surface area (Å²) in [5.41, 5.74) is 1.62. The zero-order chi connectivity index (χ0) is 16.1. The van der Waals surface area contributed by atoms with Crippen molar-refractivity contribution in [1.29, 1.82) is 0 Å². The van der Waals surface area contributed by atoms with Crippen molar-refractivity contribution in [1.82, 2.24) is 9.88 Å². The molecule has 120 valence electrons. The van der Waals surface area contributed by atoms with Gasteiger partial charge in [0.05, 0.1) is 5.56 Å². The summed E-state index contributed by atoms with van der Waals surface area (Å²) in [6, 6.07) is 11.6. The first-order chi connectivity index (χ1) is 11.2. The Morgan fingerprint density at radius 2 is 1.87 bits per heavy atom. The minimum Gasteiger partial charge on any atom is -0.340 e. The fourth-order valence-electron chi connectivity index (χ4n) is 2.76. The molecule has 1 aliphatic rings. The molecule has 0 saturated carbocycles. The second kappa shape index (κ2) is 7.59. The van der Waals surface area contributed by atoms with Crippen LogP contribution in [0, 0.1) is 0 Å². The summed E-state index contributed by atoms with van der Waals surface area (Å²) >= 11 is 3.45. The van der Waals surface area contributed by atoms with Gasteiger partial charge < -0.3 is 10.2 Å². The Kier molecular flexibility index (Phi) is 5.28. The first-order valence-electron chi connectivity index (χ1n) is 8.00. The molecule has 1 N–H and O–H groups in total. The lowest BCUT2D eigenvalue weighted by Gasteiger charge is -2.20. The Balaban J connectivity index is 1.67. The van der Waals surface area contributed by atoms with Gasteiger partial charge in [-0.2, -0.15) is 0 Å². The topological polar surface area (TPSA) is 45.2 Å². The van der Waals surface area contributed by atoms with Crippen molar-refractivity contribution in [2.24, 2.45) is 0 Å². The van der Waals surface area contributed by atoms with Gasteiger partial charge >= 0.3 is 0 Å². The number of pyridine rings is 1. The van der Waals surface area contributed by atoms with Crippen LogP contribution in [0.5, 0.6) is 0 Å². The summed E-state index contributed by atoms with van der Waals surface area (Å²) in [5, 5.41) is 3.23. The highest BCUT2D eigenvalue weighted by Gasteiger charge is 2.17. The highest BCUT2D eigenvalue weighted by atomic mass is 79.9. The van der Waals surface area contributed by atoms with Crippen molar-refractivity contribution in [3.05, 3.63) is 52.6 Å². The minimum absolute atomic E-state index is 0.0911. The molecule has 2 heterocycles. The van der Waals surface area contributed by atoms with Crippen LogP contribution in [-0.4, -0.2) is 28.9 Å². The van der Waals surface area contributed by atoms with E-state index >= 15 is 0 Å². The quantitative estimate of drug-likeness (QED) is 0.854. The average Bonchev–Trinajstić information content (AvgIpc) is 2.84. The molecule has 0 spiro atoms. The SMILES string of the molecule is O=C(c1ccc(Nc2cccc(Br)c2)nc1)N1CCCCCC1. The molecule has 1 fully saturated rings. The van der Waals surface area contributed by atoms with Crippen LogP contribution >= 0.6 is 15.9 Å². The Morgan fingerprint density at radius 1 is 1.09 bits per heavy atom. The summed E-state index contributed by atoms with van der Waals surface area (Å²) in [4.78, 5) is 18.8. The van der Waals surface area contributed by atoms with Crippen LogP contribution in [0.2, 0.25) is 0 Å². The van der Waals surface area contributed by atoms with Crippen molar-refractivity contribution in [2.45, 2.75) is 25.7 Å². The standard InChI is InChI=1S/C18H20BrN3O/c19-15-6-5-7-16(12-15)21-17-9-8-14(13-20-17)18(23)22-10-3-1-2-4-11-22/h5-9,12-13H,1-4,10-11H2,(H,20,21). The second-order valence-electron chi connectivity index (χ2n) is 5.77. The summed E-state index contributed by atoms with van der Waals surface area (Å²) in [6.45, 7) is 1.72. The summed E-state index contributed by atoms with van der Waals surface area (Å²) in [6.07, 6.45) is 6.30. The Morgan fingerprint density at radius 3 is 2.52 bits per heavy atom. The number of anilines is 2. The van der Waals surface area contributed by atoms with E-state index in [4.69, 9.17) is 0 Å². The number of nitrogens with zero attached hydrogens (tertiary/aromatic N) is 2. The third kappa shape index (κ3) is 4.32. The molecule has 0 radical (unpaired) electrons. The van der Waals surface area contributed by atoms with E-state index < -0.39 is 0 Å². The number of hydrogen-bond donors (Lipinski definition) is 1. The number of carbonyl (C=O) groups is 1. The zero-order valence-corrected chi connectivity index (χ0v) is 14.6. The van der Waals surface area contributed by atoms with Crippen molar-refractivity contribution >= 4 is 33.3 Å². The van der Waals surface area contributed by atoms with Crippen LogP contribution < -0.4 is 5.32 Å². The molecule has 2 aromatic rings. The maximum Gasteiger partial charge on any atom is 0.255 e. The van der Waals surface area contributed by atoms with Gasteiger partial charge in [0.25, 0.3) is 5.91 Å². The van der Waals surface area contributed by atoms with E-state index in [1.807, 2.05) is 41.3 Å². The number of likely N-dealkylation sites (tertiary alicyclic amines) is 1. The number of hydrogen-bond acceptors (Lipinski definition) is 3. The molecule has 0 aliphatic carbocycles. The Bertz CT molecular complexity index is 664. The van der Waals surface area contributed by atoms with Crippen LogP contribution in [0.25, 0.3) is 0 Å².